The topological polar surface area (TPSA) is 75.7 Å². The van der Waals surface area contributed by atoms with E-state index in [9.17, 15) is 13.2 Å². The molecule has 0 aromatic heterocycles. The van der Waals surface area contributed by atoms with E-state index >= 15 is 0 Å². The molecule has 1 N–H and O–H groups in total. The third-order valence-electron chi connectivity index (χ3n) is 6.06. The molecule has 1 aliphatic rings. The fourth-order valence-corrected chi connectivity index (χ4v) is 5.85. The zero-order valence-electron chi connectivity index (χ0n) is 17.9. The lowest BCUT2D eigenvalue weighted by atomic mass is 9.72. The fourth-order valence-electron chi connectivity index (χ4n) is 4.26. The highest BCUT2D eigenvalue weighted by molar-refractivity contribution is 7.89. The van der Waals surface area contributed by atoms with Gasteiger partial charge in [0.25, 0.3) is 0 Å². The lowest BCUT2D eigenvalue weighted by Crippen LogP contribution is -2.50. The number of para-hydroxylation sites is 2. The maximum absolute atomic E-state index is 13.5. The number of carbonyl (C=O) groups excluding carboxylic acids is 1. The second-order valence-electron chi connectivity index (χ2n) is 7.82. The molecule has 32 heavy (non-hydrogen) atoms. The third-order valence-corrected chi connectivity index (χ3v) is 7.99. The highest BCUT2D eigenvalue weighted by Gasteiger charge is 2.45. The first-order valence-corrected chi connectivity index (χ1v) is 12.0. The zero-order chi connectivity index (χ0) is 22.6. The smallest absolute Gasteiger partial charge is 0.246 e. The maximum Gasteiger partial charge on any atom is 0.246 e. The minimum absolute atomic E-state index is 0.121. The van der Waals surface area contributed by atoms with Gasteiger partial charge in [0.1, 0.15) is 10.6 Å². The lowest BCUT2D eigenvalue weighted by molar-refractivity contribution is -0.123. The monoisotopic (exact) mass is 450 g/mol. The van der Waals surface area contributed by atoms with Crippen molar-refractivity contribution in [2.24, 2.45) is 0 Å². The van der Waals surface area contributed by atoms with E-state index < -0.39 is 15.4 Å². The van der Waals surface area contributed by atoms with Gasteiger partial charge in [0, 0.05) is 18.8 Å². The number of nitrogens with one attached hydrogen (secondary N) is 1. The van der Waals surface area contributed by atoms with Gasteiger partial charge in [-0.05, 0) is 42.7 Å². The first kappa shape index (κ1) is 22.0. The molecule has 3 aromatic carbocycles. The van der Waals surface area contributed by atoms with E-state index in [4.69, 9.17) is 4.74 Å². The first-order chi connectivity index (χ1) is 15.5. The number of carbonyl (C=O) groups is 1. The standard InChI is InChI=1S/C25H26N2O4S/c1-31-22-14-8-9-15-23(22)32(29,30)27-18-16-25(17-19-27,20-10-4-2-5-11-20)24(28)26-21-12-6-3-7-13-21/h2-15H,16-19H2,1H3,(H,26,28). The van der Waals surface area contributed by atoms with Gasteiger partial charge in [-0.2, -0.15) is 4.31 Å². The maximum atomic E-state index is 13.5. The van der Waals surface area contributed by atoms with Crippen molar-refractivity contribution in [1.82, 2.24) is 4.31 Å². The number of piperidine rings is 1. The number of rotatable bonds is 6. The number of methoxy groups -OCH3 is 1. The number of sulfonamides is 1. The van der Waals surface area contributed by atoms with Crippen LogP contribution >= 0.6 is 0 Å². The molecule has 6 nitrogen and oxygen atoms in total. The van der Waals surface area contributed by atoms with Gasteiger partial charge in [-0.15, -0.1) is 0 Å². The van der Waals surface area contributed by atoms with E-state index in [1.54, 1.807) is 24.3 Å². The van der Waals surface area contributed by atoms with Crippen LogP contribution in [0.15, 0.2) is 89.8 Å². The summed E-state index contributed by atoms with van der Waals surface area (Å²) in [5, 5.41) is 3.03. The predicted octanol–water partition coefficient (Wildman–Crippen LogP) is 4.06. The summed E-state index contributed by atoms with van der Waals surface area (Å²) in [6.45, 7) is 0.467. The number of ether oxygens (including phenoxy) is 1. The Kier molecular flexibility index (Phi) is 6.30. The van der Waals surface area contributed by atoms with Crippen molar-refractivity contribution < 1.29 is 17.9 Å². The summed E-state index contributed by atoms with van der Waals surface area (Å²) in [4.78, 5) is 13.7. The van der Waals surface area contributed by atoms with Crippen molar-refractivity contribution in [1.29, 1.82) is 0 Å². The van der Waals surface area contributed by atoms with Crippen LogP contribution < -0.4 is 10.1 Å². The van der Waals surface area contributed by atoms with Crippen LogP contribution in [0, 0.1) is 0 Å². The average molecular weight is 451 g/mol. The number of hydrogen-bond donors (Lipinski definition) is 1. The van der Waals surface area contributed by atoms with Crippen LogP contribution in [0.3, 0.4) is 0 Å². The van der Waals surface area contributed by atoms with E-state index in [1.165, 1.54) is 11.4 Å². The number of nitrogens with zero attached hydrogens (tertiary/aromatic N) is 1. The van der Waals surface area contributed by atoms with E-state index in [0.717, 1.165) is 11.3 Å². The molecular formula is C25H26N2O4S. The second-order valence-corrected chi connectivity index (χ2v) is 9.73. The van der Waals surface area contributed by atoms with Crippen LogP contribution in [0.25, 0.3) is 0 Å². The summed E-state index contributed by atoms with van der Waals surface area (Å²) >= 11 is 0. The summed E-state index contributed by atoms with van der Waals surface area (Å²) in [5.41, 5.74) is 0.795. The molecule has 0 saturated carbocycles. The molecule has 1 aliphatic heterocycles. The Morgan fingerprint density at radius 1 is 0.875 bits per heavy atom. The van der Waals surface area contributed by atoms with Crippen molar-refractivity contribution in [3.05, 3.63) is 90.5 Å². The van der Waals surface area contributed by atoms with Crippen molar-refractivity contribution >= 4 is 21.6 Å². The number of benzene rings is 3. The molecule has 0 aliphatic carbocycles. The molecule has 0 radical (unpaired) electrons. The molecule has 0 unspecified atom stereocenters. The fraction of sp³-hybridized carbons (Fsp3) is 0.240. The van der Waals surface area contributed by atoms with Gasteiger partial charge in [-0.25, -0.2) is 8.42 Å². The van der Waals surface area contributed by atoms with Gasteiger partial charge in [0.05, 0.1) is 12.5 Å². The Morgan fingerprint density at radius 2 is 1.44 bits per heavy atom. The molecule has 1 saturated heterocycles. The highest BCUT2D eigenvalue weighted by atomic mass is 32.2. The van der Waals surface area contributed by atoms with Crippen molar-refractivity contribution in [2.75, 3.05) is 25.5 Å². The van der Waals surface area contributed by atoms with Gasteiger partial charge in [0.2, 0.25) is 15.9 Å². The summed E-state index contributed by atoms with van der Waals surface area (Å²) < 4.78 is 33.4. The average Bonchev–Trinajstić information content (AvgIpc) is 2.85. The molecule has 0 atom stereocenters. The van der Waals surface area contributed by atoms with Crippen LogP contribution in [0.1, 0.15) is 18.4 Å². The minimum Gasteiger partial charge on any atom is -0.495 e. The van der Waals surface area contributed by atoms with Gasteiger partial charge in [-0.3, -0.25) is 4.79 Å². The first-order valence-electron chi connectivity index (χ1n) is 10.5. The van der Waals surface area contributed by atoms with Crippen LogP contribution in [-0.2, 0) is 20.2 Å². The molecule has 0 spiro atoms. The molecular weight excluding hydrogens is 424 g/mol. The van der Waals surface area contributed by atoms with Crippen LogP contribution in [0.5, 0.6) is 5.75 Å². The summed E-state index contributed by atoms with van der Waals surface area (Å²) in [6.07, 6.45) is 0.758. The van der Waals surface area contributed by atoms with Crippen molar-refractivity contribution in [2.45, 2.75) is 23.2 Å². The summed E-state index contributed by atoms with van der Waals surface area (Å²) in [7, 11) is -2.29. The van der Waals surface area contributed by atoms with E-state index in [1.807, 2.05) is 60.7 Å². The number of amides is 1. The largest absolute Gasteiger partial charge is 0.495 e. The zero-order valence-corrected chi connectivity index (χ0v) is 18.7. The van der Waals surface area contributed by atoms with Crippen LogP contribution in [0.4, 0.5) is 5.69 Å². The Morgan fingerprint density at radius 3 is 2.06 bits per heavy atom. The Labute approximate surface area is 188 Å². The normalized spacial score (nSPS) is 16.3. The third kappa shape index (κ3) is 4.13. The molecule has 166 valence electrons. The Hall–Kier alpha value is -3.16. The van der Waals surface area contributed by atoms with E-state index in [-0.39, 0.29) is 23.9 Å². The molecule has 4 rings (SSSR count). The Balaban J connectivity index is 1.62. The summed E-state index contributed by atoms with van der Waals surface area (Å²) in [5.74, 6) is 0.193. The van der Waals surface area contributed by atoms with Crippen LogP contribution in [0.2, 0.25) is 0 Å². The molecule has 1 amide bonds. The number of anilines is 1. The molecule has 3 aromatic rings. The molecule has 1 heterocycles. The van der Waals surface area contributed by atoms with Gasteiger partial charge < -0.3 is 10.1 Å². The number of hydrogen-bond acceptors (Lipinski definition) is 4. The highest BCUT2D eigenvalue weighted by Crippen LogP contribution is 2.39. The molecule has 1 fully saturated rings. The SMILES string of the molecule is COc1ccccc1S(=O)(=O)N1CCC(C(=O)Nc2ccccc2)(c2ccccc2)CC1. The van der Waals surface area contributed by atoms with Gasteiger partial charge in [-0.1, -0.05) is 60.7 Å². The summed E-state index contributed by atoms with van der Waals surface area (Å²) in [6, 6.07) is 25.5. The molecule has 7 heteroatoms. The second kappa shape index (κ2) is 9.14. The quantitative estimate of drug-likeness (QED) is 0.615. The predicted molar refractivity (Wildman–Crippen MR) is 124 cm³/mol. The van der Waals surface area contributed by atoms with Crippen LogP contribution in [-0.4, -0.2) is 38.8 Å². The van der Waals surface area contributed by atoms with Gasteiger partial charge >= 0.3 is 0 Å². The Bertz CT molecular complexity index is 1170. The minimum atomic E-state index is -3.75. The van der Waals surface area contributed by atoms with Crippen molar-refractivity contribution in [3.63, 3.8) is 0 Å². The van der Waals surface area contributed by atoms with E-state index in [0.29, 0.717) is 18.6 Å². The molecule has 0 bridgehead atoms. The van der Waals surface area contributed by atoms with E-state index in [2.05, 4.69) is 5.32 Å². The van der Waals surface area contributed by atoms with Gasteiger partial charge in [0.15, 0.2) is 0 Å². The lowest BCUT2D eigenvalue weighted by Gasteiger charge is -2.40. The van der Waals surface area contributed by atoms with Crippen molar-refractivity contribution in [3.8, 4) is 5.75 Å².